The fourth-order valence-electron chi connectivity index (χ4n) is 3.89. The van der Waals surface area contributed by atoms with E-state index in [2.05, 4.69) is 18.7 Å². The maximum Gasteiger partial charge on any atom is 0.237 e. The fraction of sp³-hybridized carbons (Fsp3) is 0.958. The lowest BCUT2D eigenvalue weighted by atomic mass is 9.93. The summed E-state index contributed by atoms with van der Waals surface area (Å²) in [6, 6.07) is 0. The van der Waals surface area contributed by atoms with Gasteiger partial charge < -0.3 is 0 Å². The van der Waals surface area contributed by atoms with E-state index in [4.69, 9.17) is 11.8 Å². The lowest BCUT2D eigenvalue weighted by molar-refractivity contribution is -0.123. The third-order valence-electron chi connectivity index (χ3n) is 5.78. The molecule has 0 unspecified atom stereocenters. The number of halogens is 1. The van der Waals surface area contributed by atoms with E-state index in [1.807, 2.05) is 0 Å². The SMILES string of the molecule is CCCCCCCCCCCC(CCCCCCCCCCC)C(=O)NCl. The molecule has 0 aromatic heterocycles. The van der Waals surface area contributed by atoms with Gasteiger partial charge in [0, 0.05) is 17.7 Å². The molecular formula is C24H48ClNO. The Morgan fingerprint density at radius 1 is 0.593 bits per heavy atom. The Morgan fingerprint density at radius 3 is 1.19 bits per heavy atom. The topological polar surface area (TPSA) is 29.1 Å². The summed E-state index contributed by atoms with van der Waals surface area (Å²) in [5, 5.41) is 0. The number of amides is 1. The van der Waals surface area contributed by atoms with Crippen molar-refractivity contribution < 1.29 is 4.79 Å². The zero-order valence-electron chi connectivity index (χ0n) is 18.5. The Bertz CT molecular complexity index is 287. The van der Waals surface area contributed by atoms with Crippen LogP contribution >= 0.6 is 11.8 Å². The summed E-state index contributed by atoms with van der Waals surface area (Å²) in [7, 11) is 0. The van der Waals surface area contributed by atoms with Crippen LogP contribution in [-0.2, 0) is 4.79 Å². The summed E-state index contributed by atoms with van der Waals surface area (Å²) in [6.45, 7) is 4.53. The number of carbonyl (C=O) groups excluding carboxylic acids is 1. The van der Waals surface area contributed by atoms with Crippen LogP contribution in [0.1, 0.15) is 142 Å². The number of hydrogen-bond donors (Lipinski definition) is 1. The Labute approximate surface area is 175 Å². The lowest BCUT2D eigenvalue weighted by Gasteiger charge is -2.14. The highest BCUT2D eigenvalue weighted by atomic mass is 35.5. The maximum absolute atomic E-state index is 12.0. The van der Waals surface area contributed by atoms with Crippen LogP contribution in [0.3, 0.4) is 0 Å². The first-order chi connectivity index (χ1) is 13.3. The molecule has 27 heavy (non-hydrogen) atoms. The molecule has 0 spiro atoms. The van der Waals surface area contributed by atoms with Gasteiger partial charge in [0.15, 0.2) is 0 Å². The average Bonchev–Trinajstić information content (AvgIpc) is 2.69. The molecule has 1 amide bonds. The smallest absolute Gasteiger partial charge is 0.237 e. The van der Waals surface area contributed by atoms with Gasteiger partial charge in [-0.2, -0.15) is 0 Å². The van der Waals surface area contributed by atoms with E-state index >= 15 is 0 Å². The molecular weight excluding hydrogens is 354 g/mol. The van der Waals surface area contributed by atoms with Crippen LogP contribution in [0.5, 0.6) is 0 Å². The molecule has 3 heteroatoms. The monoisotopic (exact) mass is 401 g/mol. The molecule has 0 aromatic rings. The highest BCUT2D eigenvalue weighted by Gasteiger charge is 2.16. The van der Waals surface area contributed by atoms with E-state index in [1.54, 1.807) is 0 Å². The first-order valence-electron chi connectivity index (χ1n) is 12.2. The third-order valence-corrected chi connectivity index (χ3v) is 5.96. The summed E-state index contributed by atoms with van der Waals surface area (Å²) in [6.07, 6.45) is 26.0. The number of hydrogen-bond acceptors (Lipinski definition) is 1. The minimum Gasteiger partial charge on any atom is -0.273 e. The van der Waals surface area contributed by atoms with Crippen LogP contribution in [0.2, 0.25) is 0 Å². The van der Waals surface area contributed by atoms with Crippen molar-refractivity contribution in [3.63, 3.8) is 0 Å². The molecule has 1 N–H and O–H groups in total. The largest absolute Gasteiger partial charge is 0.273 e. The van der Waals surface area contributed by atoms with E-state index < -0.39 is 0 Å². The zero-order valence-corrected chi connectivity index (χ0v) is 19.3. The van der Waals surface area contributed by atoms with Crippen molar-refractivity contribution in [3.8, 4) is 0 Å². The molecule has 2 nitrogen and oxygen atoms in total. The van der Waals surface area contributed by atoms with Gasteiger partial charge in [-0.25, -0.2) is 0 Å². The van der Waals surface area contributed by atoms with E-state index in [1.165, 1.54) is 116 Å². The van der Waals surface area contributed by atoms with Gasteiger partial charge in [-0.1, -0.05) is 129 Å². The van der Waals surface area contributed by atoms with Crippen LogP contribution in [-0.4, -0.2) is 5.91 Å². The summed E-state index contributed by atoms with van der Waals surface area (Å²) in [5.41, 5.74) is 0. The number of carbonyl (C=O) groups is 1. The van der Waals surface area contributed by atoms with Crippen LogP contribution < -0.4 is 4.84 Å². The van der Waals surface area contributed by atoms with Gasteiger partial charge in [0.2, 0.25) is 5.91 Å². The van der Waals surface area contributed by atoms with Crippen LogP contribution in [0.15, 0.2) is 0 Å². The molecule has 162 valence electrons. The molecule has 0 aliphatic heterocycles. The van der Waals surface area contributed by atoms with Gasteiger partial charge in [-0.05, 0) is 12.8 Å². The Hall–Kier alpha value is -0.240. The molecule has 0 aliphatic carbocycles. The summed E-state index contributed by atoms with van der Waals surface area (Å²) in [4.78, 5) is 14.4. The Balaban J connectivity index is 3.61. The van der Waals surface area contributed by atoms with E-state index in [9.17, 15) is 4.79 Å². The fourth-order valence-corrected chi connectivity index (χ4v) is 4.04. The molecule has 0 saturated heterocycles. The molecule has 0 heterocycles. The van der Waals surface area contributed by atoms with Crippen molar-refractivity contribution in [2.24, 2.45) is 5.92 Å². The summed E-state index contributed by atoms with van der Waals surface area (Å²) >= 11 is 5.59. The highest BCUT2D eigenvalue weighted by molar-refractivity contribution is 6.21. The summed E-state index contributed by atoms with van der Waals surface area (Å²) < 4.78 is 0. The average molecular weight is 402 g/mol. The predicted molar refractivity (Wildman–Crippen MR) is 121 cm³/mol. The van der Waals surface area contributed by atoms with Crippen molar-refractivity contribution in [1.29, 1.82) is 0 Å². The van der Waals surface area contributed by atoms with Crippen molar-refractivity contribution in [1.82, 2.24) is 4.84 Å². The normalized spacial score (nSPS) is 11.3. The van der Waals surface area contributed by atoms with Gasteiger partial charge in [0.1, 0.15) is 0 Å². The Kier molecular flexibility index (Phi) is 21.9. The van der Waals surface area contributed by atoms with Gasteiger partial charge in [0.05, 0.1) is 0 Å². The quantitative estimate of drug-likeness (QED) is 0.151. The first kappa shape index (κ1) is 26.8. The molecule has 0 aromatic carbocycles. The standard InChI is InChI=1S/C24H48ClNO/c1-3-5-7-9-11-13-15-17-19-21-23(24(27)26-25)22-20-18-16-14-12-10-8-6-4-2/h23H,3-22H2,1-2H3,(H,26,27). The van der Waals surface area contributed by atoms with E-state index in [-0.39, 0.29) is 11.8 Å². The second-order valence-electron chi connectivity index (χ2n) is 8.39. The molecule has 0 radical (unpaired) electrons. The van der Waals surface area contributed by atoms with Crippen LogP contribution in [0.4, 0.5) is 0 Å². The molecule has 0 atom stereocenters. The number of rotatable bonds is 21. The second-order valence-corrected chi connectivity index (χ2v) is 8.58. The molecule has 0 rings (SSSR count). The van der Waals surface area contributed by atoms with Gasteiger partial charge in [-0.15, -0.1) is 0 Å². The molecule has 0 aliphatic rings. The second kappa shape index (κ2) is 22.1. The number of nitrogens with one attached hydrogen (secondary N) is 1. The van der Waals surface area contributed by atoms with Crippen molar-refractivity contribution in [2.75, 3.05) is 0 Å². The maximum atomic E-state index is 12.0. The van der Waals surface area contributed by atoms with Gasteiger partial charge in [0.25, 0.3) is 0 Å². The predicted octanol–water partition coefficient (Wildman–Crippen LogP) is 8.71. The van der Waals surface area contributed by atoms with Gasteiger partial charge >= 0.3 is 0 Å². The minimum atomic E-state index is 0.0378. The zero-order chi connectivity index (χ0) is 20.0. The van der Waals surface area contributed by atoms with Crippen molar-refractivity contribution >= 4 is 17.7 Å². The number of unbranched alkanes of at least 4 members (excludes halogenated alkanes) is 16. The highest BCUT2D eigenvalue weighted by Crippen LogP contribution is 2.20. The Morgan fingerprint density at radius 2 is 0.889 bits per heavy atom. The first-order valence-corrected chi connectivity index (χ1v) is 12.5. The van der Waals surface area contributed by atoms with Gasteiger partial charge in [-0.3, -0.25) is 9.63 Å². The van der Waals surface area contributed by atoms with E-state index in [0.717, 1.165) is 12.8 Å². The minimum absolute atomic E-state index is 0.0378. The van der Waals surface area contributed by atoms with E-state index in [0.29, 0.717) is 0 Å². The van der Waals surface area contributed by atoms with Crippen molar-refractivity contribution in [2.45, 2.75) is 142 Å². The lowest BCUT2D eigenvalue weighted by Crippen LogP contribution is -2.23. The molecule has 0 saturated carbocycles. The van der Waals surface area contributed by atoms with Crippen molar-refractivity contribution in [3.05, 3.63) is 0 Å². The third kappa shape index (κ3) is 18.9. The molecule has 0 fully saturated rings. The van der Waals surface area contributed by atoms with Crippen LogP contribution in [0.25, 0.3) is 0 Å². The molecule has 0 bridgehead atoms. The summed E-state index contributed by atoms with van der Waals surface area (Å²) in [5.74, 6) is 0.160. The van der Waals surface area contributed by atoms with Crippen LogP contribution in [0, 0.1) is 5.92 Å².